The molecule has 0 spiro atoms. The van der Waals surface area contributed by atoms with Crippen LogP contribution in [-0.2, 0) is 6.42 Å². The zero-order chi connectivity index (χ0) is 17.6. The molecule has 0 saturated heterocycles. The number of benzene rings is 3. The largest absolute Gasteiger partial charge is 0.252 e. The lowest BCUT2D eigenvalue weighted by Gasteiger charge is -2.17. The Morgan fingerprint density at radius 2 is 1.36 bits per heavy atom. The molecule has 0 bridgehead atoms. The van der Waals surface area contributed by atoms with Crippen LogP contribution in [0.5, 0.6) is 0 Å². The summed E-state index contributed by atoms with van der Waals surface area (Å²) >= 11 is 0. The van der Waals surface area contributed by atoms with Crippen molar-refractivity contribution in [1.82, 2.24) is 0 Å². The molecule has 0 N–H and O–H groups in total. The van der Waals surface area contributed by atoms with E-state index in [0.29, 0.717) is 11.8 Å². The summed E-state index contributed by atoms with van der Waals surface area (Å²) < 4.78 is 0. The summed E-state index contributed by atoms with van der Waals surface area (Å²) in [6.07, 6.45) is 0.931. The Balaban J connectivity index is 1.93. The summed E-state index contributed by atoms with van der Waals surface area (Å²) in [5.41, 5.74) is 7.80. The van der Waals surface area contributed by atoms with Crippen LogP contribution in [0.25, 0.3) is 10.8 Å². The van der Waals surface area contributed by atoms with Gasteiger partial charge in [0, 0.05) is 12.0 Å². The number of hydrogen-bond acceptors (Lipinski definition) is 1. The van der Waals surface area contributed by atoms with E-state index in [1.165, 1.54) is 44.4 Å². The highest BCUT2D eigenvalue weighted by Crippen LogP contribution is 2.38. The zero-order valence-corrected chi connectivity index (χ0v) is 15.5. The summed E-state index contributed by atoms with van der Waals surface area (Å²) in [6, 6.07) is 19.8. The molecule has 0 radical (unpaired) electrons. The Morgan fingerprint density at radius 1 is 0.760 bits per heavy atom. The first-order valence-electron chi connectivity index (χ1n) is 9.27. The van der Waals surface area contributed by atoms with Gasteiger partial charge in [0.25, 0.3) is 0 Å². The van der Waals surface area contributed by atoms with Crippen LogP contribution < -0.4 is 0 Å². The van der Waals surface area contributed by atoms with Crippen LogP contribution in [-0.4, -0.2) is 5.71 Å². The van der Waals surface area contributed by atoms with Crippen molar-refractivity contribution in [3.63, 3.8) is 0 Å². The summed E-state index contributed by atoms with van der Waals surface area (Å²) in [5.74, 6) is 0.940. The molecule has 0 fully saturated rings. The topological polar surface area (TPSA) is 12.4 Å². The van der Waals surface area contributed by atoms with Crippen molar-refractivity contribution in [1.29, 1.82) is 0 Å². The molecular formula is C24H25N. The van der Waals surface area contributed by atoms with Crippen molar-refractivity contribution in [3.05, 3.63) is 76.9 Å². The highest BCUT2D eigenvalue weighted by Gasteiger charge is 2.21. The molecular weight excluding hydrogens is 302 g/mol. The van der Waals surface area contributed by atoms with Gasteiger partial charge < -0.3 is 0 Å². The molecule has 126 valence electrons. The van der Waals surface area contributed by atoms with Crippen molar-refractivity contribution >= 4 is 22.2 Å². The van der Waals surface area contributed by atoms with Gasteiger partial charge in [0.1, 0.15) is 0 Å². The minimum atomic E-state index is 0.470. The van der Waals surface area contributed by atoms with Crippen LogP contribution in [0, 0.1) is 0 Å². The Morgan fingerprint density at radius 3 is 2.00 bits per heavy atom. The van der Waals surface area contributed by atoms with E-state index >= 15 is 0 Å². The van der Waals surface area contributed by atoms with E-state index in [4.69, 9.17) is 4.99 Å². The van der Waals surface area contributed by atoms with Gasteiger partial charge in [-0.15, -0.1) is 0 Å². The zero-order valence-electron chi connectivity index (χ0n) is 15.5. The fourth-order valence-electron chi connectivity index (χ4n) is 3.96. The molecule has 0 amide bonds. The van der Waals surface area contributed by atoms with Crippen LogP contribution in [0.1, 0.15) is 61.8 Å². The highest BCUT2D eigenvalue weighted by molar-refractivity contribution is 6.18. The number of aliphatic imine (C=N–C) groups is 1. The third-order valence-corrected chi connectivity index (χ3v) is 5.25. The van der Waals surface area contributed by atoms with Gasteiger partial charge in [-0.1, -0.05) is 82.3 Å². The first kappa shape index (κ1) is 16.1. The quantitative estimate of drug-likeness (QED) is 0.503. The van der Waals surface area contributed by atoms with E-state index in [1.807, 2.05) is 0 Å². The molecule has 0 unspecified atom stereocenters. The highest BCUT2D eigenvalue weighted by atomic mass is 14.8. The minimum absolute atomic E-state index is 0.470. The molecule has 1 heteroatoms. The standard InChI is InChI=1S/C24H25N/c1-15(2)19-11-7-12-20(16(3)4)24(19)25-22-14-18-10-5-8-17-9-6-13-21(22)23(17)18/h5-13,15-16H,14H2,1-4H3/b25-22-. The van der Waals surface area contributed by atoms with Crippen molar-refractivity contribution < 1.29 is 0 Å². The third-order valence-electron chi connectivity index (χ3n) is 5.25. The van der Waals surface area contributed by atoms with E-state index in [1.54, 1.807) is 0 Å². The molecule has 25 heavy (non-hydrogen) atoms. The van der Waals surface area contributed by atoms with E-state index < -0.39 is 0 Å². The second kappa shape index (κ2) is 6.15. The molecule has 0 heterocycles. The minimum Gasteiger partial charge on any atom is -0.252 e. The van der Waals surface area contributed by atoms with Crippen LogP contribution >= 0.6 is 0 Å². The molecule has 0 saturated carbocycles. The van der Waals surface area contributed by atoms with Gasteiger partial charge in [-0.3, -0.25) is 4.99 Å². The monoisotopic (exact) mass is 327 g/mol. The second-order valence-electron chi connectivity index (χ2n) is 7.65. The SMILES string of the molecule is CC(C)c1cccc(C(C)C)c1/N=C1/Cc2cccc3cccc1c23. The molecule has 1 aliphatic rings. The third kappa shape index (κ3) is 2.68. The second-order valence-corrected chi connectivity index (χ2v) is 7.65. The molecule has 1 aliphatic carbocycles. The maximum Gasteiger partial charge on any atom is 0.0702 e. The number of para-hydroxylation sites is 1. The average Bonchev–Trinajstić information content (AvgIpc) is 2.95. The molecule has 4 rings (SSSR count). The van der Waals surface area contributed by atoms with E-state index in [2.05, 4.69) is 82.3 Å². The van der Waals surface area contributed by atoms with Crippen LogP contribution in [0.4, 0.5) is 5.69 Å². The van der Waals surface area contributed by atoms with Gasteiger partial charge in [-0.2, -0.15) is 0 Å². The smallest absolute Gasteiger partial charge is 0.0702 e. The van der Waals surface area contributed by atoms with Gasteiger partial charge in [0.05, 0.1) is 11.4 Å². The molecule has 0 atom stereocenters. The van der Waals surface area contributed by atoms with Crippen molar-refractivity contribution in [3.8, 4) is 0 Å². The first-order chi connectivity index (χ1) is 12.1. The molecule has 3 aromatic carbocycles. The molecule has 0 aromatic heterocycles. The van der Waals surface area contributed by atoms with Gasteiger partial charge in [0.15, 0.2) is 0 Å². The van der Waals surface area contributed by atoms with Gasteiger partial charge in [0.2, 0.25) is 0 Å². The van der Waals surface area contributed by atoms with Crippen LogP contribution in [0.15, 0.2) is 59.6 Å². The van der Waals surface area contributed by atoms with Crippen LogP contribution in [0.3, 0.4) is 0 Å². The Bertz CT molecular complexity index is 945. The van der Waals surface area contributed by atoms with E-state index in [-0.39, 0.29) is 0 Å². The lowest BCUT2D eigenvalue weighted by molar-refractivity contribution is 0.834. The number of rotatable bonds is 3. The number of nitrogens with zero attached hydrogens (tertiary/aromatic N) is 1. The van der Waals surface area contributed by atoms with Gasteiger partial charge >= 0.3 is 0 Å². The summed E-state index contributed by atoms with van der Waals surface area (Å²) in [5, 5.41) is 2.71. The summed E-state index contributed by atoms with van der Waals surface area (Å²) in [7, 11) is 0. The molecule has 3 aromatic rings. The van der Waals surface area contributed by atoms with Crippen molar-refractivity contribution in [2.75, 3.05) is 0 Å². The predicted molar refractivity (Wildman–Crippen MR) is 108 cm³/mol. The maximum absolute atomic E-state index is 5.26. The Hall–Kier alpha value is -2.41. The van der Waals surface area contributed by atoms with Gasteiger partial charge in [-0.05, 0) is 39.3 Å². The first-order valence-corrected chi connectivity index (χ1v) is 9.27. The fraction of sp³-hybridized carbons (Fsp3) is 0.292. The Labute approximate surface area is 150 Å². The maximum atomic E-state index is 5.26. The number of hydrogen-bond donors (Lipinski definition) is 0. The fourth-order valence-corrected chi connectivity index (χ4v) is 3.96. The predicted octanol–water partition coefficient (Wildman–Crippen LogP) is 6.76. The average molecular weight is 327 g/mol. The Kier molecular flexibility index (Phi) is 3.95. The lowest BCUT2D eigenvalue weighted by Crippen LogP contribution is -2.01. The van der Waals surface area contributed by atoms with Gasteiger partial charge in [-0.25, -0.2) is 0 Å². The molecule has 0 aliphatic heterocycles. The molecule has 1 nitrogen and oxygen atoms in total. The van der Waals surface area contributed by atoms with E-state index in [0.717, 1.165) is 6.42 Å². The summed E-state index contributed by atoms with van der Waals surface area (Å²) in [6.45, 7) is 9.03. The van der Waals surface area contributed by atoms with Crippen molar-refractivity contribution in [2.45, 2.75) is 46.0 Å². The van der Waals surface area contributed by atoms with E-state index in [9.17, 15) is 0 Å². The lowest BCUT2D eigenvalue weighted by atomic mass is 9.92. The normalized spacial score (nSPS) is 15.0. The van der Waals surface area contributed by atoms with Crippen LogP contribution in [0.2, 0.25) is 0 Å². The summed E-state index contributed by atoms with van der Waals surface area (Å²) in [4.78, 5) is 5.26. The van der Waals surface area contributed by atoms with Crippen molar-refractivity contribution in [2.24, 2.45) is 4.99 Å².